The van der Waals surface area contributed by atoms with Crippen LogP contribution in [0.2, 0.25) is 5.02 Å². The lowest BCUT2D eigenvalue weighted by atomic mass is 10.2. The minimum Gasteiger partial charge on any atom is -0.455 e. The summed E-state index contributed by atoms with van der Waals surface area (Å²) in [4.78, 5) is 16.5. The average molecular weight is 334 g/mol. The van der Waals surface area contributed by atoms with Gasteiger partial charge in [-0.25, -0.2) is 4.98 Å². The van der Waals surface area contributed by atoms with Crippen LogP contribution in [-0.4, -0.2) is 17.9 Å². The van der Waals surface area contributed by atoms with Crippen LogP contribution in [0.3, 0.4) is 0 Å². The zero-order chi connectivity index (χ0) is 15.7. The first-order chi connectivity index (χ1) is 10.6. The molecule has 0 spiro atoms. The Bertz CT molecular complexity index is 846. The number of thiophene rings is 1. The van der Waals surface area contributed by atoms with Crippen molar-refractivity contribution < 1.29 is 9.53 Å². The predicted molar refractivity (Wildman–Crippen MR) is 88.9 cm³/mol. The van der Waals surface area contributed by atoms with E-state index in [-0.39, 0.29) is 5.91 Å². The Morgan fingerprint density at radius 1 is 1.36 bits per heavy atom. The van der Waals surface area contributed by atoms with Gasteiger partial charge in [-0.2, -0.15) is 0 Å². The molecule has 3 rings (SSSR count). The summed E-state index contributed by atoms with van der Waals surface area (Å²) in [6.45, 7) is 0. The quantitative estimate of drug-likeness (QED) is 0.766. The number of pyridine rings is 1. The number of amides is 1. The van der Waals surface area contributed by atoms with E-state index in [0.717, 1.165) is 10.1 Å². The van der Waals surface area contributed by atoms with E-state index in [1.807, 2.05) is 0 Å². The molecule has 0 aliphatic carbocycles. The van der Waals surface area contributed by atoms with Gasteiger partial charge in [0.05, 0.1) is 15.8 Å². The molecule has 0 saturated carbocycles. The fraction of sp³-hybridized carbons (Fsp3) is 0.0667. The Labute approximate surface area is 135 Å². The second-order valence-corrected chi connectivity index (χ2v) is 5.98. The molecule has 0 aliphatic heterocycles. The van der Waals surface area contributed by atoms with Crippen LogP contribution in [0.5, 0.6) is 11.5 Å². The Balaban J connectivity index is 2.05. The molecule has 2 heterocycles. The number of carbonyl (C=O) groups is 1. The van der Waals surface area contributed by atoms with E-state index in [2.05, 4.69) is 10.3 Å². The van der Waals surface area contributed by atoms with Gasteiger partial charge in [-0.3, -0.25) is 4.79 Å². The van der Waals surface area contributed by atoms with E-state index in [4.69, 9.17) is 22.1 Å². The number of halogens is 1. The number of nitrogen functional groups attached to an aromatic ring is 1. The number of nitrogens with one attached hydrogen (secondary N) is 1. The summed E-state index contributed by atoms with van der Waals surface area (Å²) in [5, 5.41) is 3.98. The molecule has 0 bridgehead atoms. The maximum atomic E-state index is 11.8. The number of anilines is 1. The summed E-state index contributed by atoms with van der Waals surface area (Å²) in [5.74, 6) is 1.37. The molecule has 0 saturated heterocycles. The number of ether oxygens (including phenoxy) is 1. The molecule has 22 heavy (non-hydrogen) atoms. The smallest absolute Gasteiger partial charge is 0.261 e. The lowest BCUT2D eigenvalue weighted by Crippen LogP contribution is -2.15. The second kappa shape index (κ2) is 5.82. The van der Waals surface area contributed by atoms with Gasteiger partial charge in [0.15, 0.2) is 5.75 Å². The second-order valence-electron chi connectivity index (χ2n) is 4.50. The van der Waals surface area contributed by atoms with Gasteiger partial charge in [-0.05, 0) is 30.3 Å². The van der Waals surface area contributed by atoms with Gasteiger partial charge in [0.2, 0.25) is 0 Å². The highest BCUT2D eigenvalue weighted by Crippen LogP contribution is 2.37. The van der Waals surface area contributed by atoms with Crippen molar-refractivity contribution >= 4 is 44.7 Å². The van der Waals surface area contributed by atoms with Crippen LogP contribution in [-0.2, 0) is 0 Å². The fourth-order valence-electron chi connectivity index (χ4n) is 1.97. The van der Waals surface area contributed by atoms with Crippen LogP contribution in [0, 0.1) is 0 Å². The van der Waals surface area contributed by atoms with Gasteiger partial charge in [0.1, 0.15) is 11.6 Å². The molecule has 0 atom stereocenters. The maximum absolute atomic E-state index is 11.8. The molecule has 5 nitrogen and oxygen atoms in total. The number of carbonyl (C=O) groups excluding carboxylic acids is 1. The first-order valence-corrected chi connectivity index (χ1v) is 7.61. The topological polar surface area (TPSA) is 77.2 Å². The summed E-state index contributed by atoms with van der Waals surface area (Å²) < 4.78 is 6.55. The summed E-state index contributed by atoms with van der Waals surface area (Å²) in [5.41, 5.74) is 5.89. The lowest BCUT2D eigenvalue weighted by Gasteiger charge is -2.07. The number of rotatable bonds is 3. The molecule has 3 N–H and O–H groups in total. The molecule has 2 aromatic heterocycles. The van der Waals surface area contributed by atoms with Crippen LogP contribution < -0.4 is 15.8 Å². The number of nitrogens with zero attached hydrogens (tertiary/aromatic N) is 1. The van der Waals surface area contributed by atoms with Gasteiger partial charge in [0.25, 0.3) is 5.91 Å². The largest absolute Gasteiger partial charge is 0.455 e. The standard InChI is InChI=1S/C15H12ClN3O2S/c1-18-15(20)12-6-10-11(7-19-14(17)13(10)22-12)21-9-4-2-8(16)3-5-9/h2-7H,1H3,(H2,17,19)(H,18,20). The Morgan fingerprint density at radius 3 is 2.77 bits per heavy atom. The summed E-state index contributed by atoms with van der Waals surface area (Å²) in [7, 11) is 1.58. The Hall–Kier alpha value is -2.31. The highest BCUT2D eigenvalue weighted by atomic mass is 35.5. The number of fused-ring (bicyclic) bond motifs is 1. The maximum Gasteiger partial charge on any atom is 0.261 e. The third-order valence-corrected chi connectivity index (χ3v) is 4.45. The molecule has 112 valence electrons. The summed E-state index contributed by atoms with van der Waals surface area (Å²) >= 11 is 7.14. The van der Waals surface area contributed by atoms with Crippen molar-refractivity contribution in [1.82, 2.24) is 10.3 Å². The third kappa shape index (κ3) is 2.70. The molecule has 7 heteroatoms. The van der Waals surface area contributed by atoms with Crippen LogP contribution in [0.15, 0.2) is 36.5 Å². The van der Waals surface area contributed by atoms with Crippen molar-refractivity contribution in [3.05, 3.63) is 46.4 Å². The minimum atomic E-state index is -0.168. The lowest BCUT2D eigenvalue weighted by molar-refractivity contribution is 0.0967. The zero-order valence-electron chi connectivity index (χ0n) is 11.6. The first-order valence-electron chi connectivity index (χ1n) is 6.42. The van der Waals surface area contributed by atoms with Crippen molar-refractivity contribution in [1.29, 1.82) is 0 Å². The predicted octanol–water partition coefficient (Wildman–Crippen LogP) is 3.68. The SMILES string of the molecule is CNC(=O)c1cc2c(Oc3ccc(Cl)cc3)cnc(N)c2s1. The number of nitrogens with two attached hydrogens (primary N) is 1. The normalized spacial score (nSPS) is 10.6. The van der Waals surface area contributed by atoms with Crippen LogP contribution in [0.25, 0.3) is 10.1 Å². The van der Waals surface area contributed by atoms with Crippen molar-refractivity contribution in [2.75, 3.05) is 12.8 Å². The Kier molecular flexibility index (Phi) is 3.87. The molecule has 0 fully saturated rings. The van der Waals surface area contributed by atoms with Gasteiger partial charge < -0.3 is 15.8 Å². The van der Waals surface area contributed by atoms with Crippen LogP contribution >= 0.6 is 22.9 Å². The summed E-state index contributed by atoms with van der Waals surface area (Å²) in [6, 6.07) is 8.75. The molecule has 3 aromatic rings. The van der Waals surface area contributed by atoms with Crippen LogP contribution in [0.1, 0.15) is 9.67 Å². The molecule has 0 radical (unpaired) electrons. The zero-order valence-corrected chi connectivity index (χ0v) is 13.2. The monoisotopic (exact) mass is 333 g/mol. The minimum absolute atomic E-state index is 0.168. The van der Waals surface area contributed by atoms with Crippen LogP contribution in [0.4, 0.5) is 5.82 Å². The van der Waals surface area contributed by atoms with Crippen molar-refractivity contribution in [3.8, 4) is 11.5 Å². The van der Waals surface area contributed by atoms with Crippen molar-refractivity contribution in [2.24, 2.45) is 0 Å². The van der Waals surface area contributed by atoms with E-state index in [9.17, 15) is 4.79 Å². The van der Waals surface area contributed by atoms with Gasteiger partial charge in [0, 0.05) is 17.5 Å². The molecule has 0 unspecified atom stereocenters. The number of benzene rings is 1. The fourth-order valence-corrected chi connectivity index (χ4v) is 3.11. The molecular formula is C15H12ClN3O2S. The highest BCUT2D eigenvalue weighted by molar-refractivity contribution is 7.21. The average Bonchev–Trinajstić information content (AvgIpc) is 2.98. The molecule has 0 aliphatic rings. The van der Waals surface area contributed by atoms with Gasteiger partial charge in [-0.1, -0.05) is 11.6 Å². The van der Waals surface area contributed by atoms with E-state index in [0.29, 0.717) is 27.2 Å². The van der Waals surface area contributed by atoms with E-state index in [1.165, 1.54) is 11.3 Å². The molecular weight excluding hydrogens is 322 g/mol. The van der Waals surface area contributed by atoms with Gasteiger partial charge >= 0.3 is 0 Å². The highest BCUT2D eigenvalue weighted by Gasteiger charge is 2.15. The first kappa shape index (κ1) is 14.6. The summed E-state index contributed by atoms with van der Waals surface area (Å²) in [6.07, 6.45) is 1.55. The number of hydrogen-bond donors (Lipinski definition) is 2. The molecule has 1 aromatic carbocycles. The van der Waals surface area contributed by atoms with E-state index >= 15 is 0 Å². The number of aromatic nitrogens is 1. The van der Waals surface area contributed by atoms with E-state index in [1.54, 1.807) is 43.6 Å². The Morgan fingerprint density at radius 2 is 2.09 bits per heavy atom. The number of hydrogen-bond acceptors (Lipinski definition) is 5. The van der Waals surface area contributed by atoms with Gasteiger partial charge in [-0.15, -0.1) is 11.3 Å². The third-order valence-electron chi connectivity index (χ3n) is 3.04. The van der Waals surface area contributed by atoms with E-state index < -0.39 is 0 Å². The van der Waals surface area contributed by atoms with Crippen molar-refractivity contribution in [3.63, 3.8) is 0 Å². The van der Waals surface area contributed by atoms with Crippen molar-refractivity contribution in [2.45, 2.75) is 0 Å². The molecule has 1 amide bonds.